The van der Waals surface area contributed by atoms with E-state index in [1.54, 1.807) is 46.2 Å². The number of aryl methyl sites for hydroxylation is 1. The third-order valence-electron chi connectivity index (χ3n) is 13.5. The van der Waals surface area contributed by atoms with Gasteiger partial charge in [0.05, 0.1) is 30.0 Å². The first-order valence-corrected chi connectivity index (χ1v) is 25.2. The van der Waals surface area contributed by atoms with Crippen LogP contribution in [0.4, 0.5) is 0 Å². The second-order valence-corrected chi connectivity index (χ2v) is 21.3. The van der Waals surface area contributed by atoms with Crippen LogP contribution in [-0.4, -0.2) is 120 Å². The average molecular weight is 954 g/mol. The van der Waals surface area contributed by atoms with E-state index in [0.29, 0.717) is 43.4 Å². The largest absolute Gasteiger partial charge is 0.508 e. The molecule has 3 N–H and O–H groups in total. The highest BCUT2D eigenvalue weighted by Gasteiger charge is 2.41. The topological polar surface area (TPSA) is 193 Å². The molecule has 7 rings (SSSR count). The number of esters is 1. The Labute approximate surface area is 400 Å². The summed E-state index contributed by atoms with van der Waals surface area (Å²) in [5.41, 5.74) is 9.39. The number of sulfonamides is 1. The Kier molecular flexibility index (Phi) is 15.2. The predicted molar refractivity (Wildman–Crippen MR) is 260 cm³/mol. The van der Waals surface area contributed by atoms with Crippen molar-refractivity contribution in [1.82, 2.24) is 34.5 Å². The molecule has 0 spiro atoms. The van der Waals surface area contributed by atoms with Crippen molar-refractivity contribution in [1.29, 1.82) is 0 Å². The number of cyclic esters (lactones) is 1. The van der Waals surface area contributed by atoms with E-state index in [-0.39, 0.29) is 50.4 Å². The molecule has 0 aliphatic carbocycles. The molecule has 3 amide bonds. The number of hydrazine groups is 1. The summed E-state index contributed by atoms with van der Waals surface area (Å²) >= 11 is 0. The number of aromatic nitrogens is 2. The van der Waals surface area contributed by atoms with Gasteiger partial charge in [0.25, 0.3) is 5.91 Å². The molecule has 5 atom stereocenters. The summed E-state index contributed by atoms with van der Waals surface area (Å²) in [7, 11) is -0.494. The van der Waals surface area contributed by atoms with Gasteiger partial charge in [0.2, 0.25) is 21.8 Å². The lowest BCUT2D eigenvalue weighted by Crippen LogP contribution is -2.62. The van der Waals surface area contributed by atoms with Gasteiger partial charge in [-0.25, -0.2) is 13.8 Å². The highest BCUT2D eigenvalue weighted by Crippen LogP contribution is 2.42. The molecule has 0 saturated carbocycles. The summed E-state index contributed by atoms with van der Waals surface area (Å²) in [5, 5.41) is 17.8. The standard InChI is InChI=1S/C51H67N7O9S/c1-10-22-68(64,65)56-21-18-35(29-56)48(61)55(8)45(31(3)4)47(60)53-42-25-33-23-36(26-37(59)24-33)34-16-17-43-39(27-34)40(46(57(43)11-2)38-14-12-19-52-44(38)32(5)66-9)28-51(6,7)30-67-50(63)41-15-13-20-58(54-41)49(42)62/h10,12,14,16-17,19,22-24,26-27,31-32,35,41-42,45,54,59H,11,13,15,18,20-21,25,28-30H2,1-9H3,(H,53,60)/b22-10+/t32-,35-,41-,42-,45-/m0/s1. The fraction of sp³-hybridized carbons (Fsp3) is 0.510. The molecule has 16 nitrogen and oxygen atoms in total. The normalized spacial score (nSPS) is 21.4. The number of phenols is 1. The summed E-state index contributed by atoms with van der Waals surface area (Å²) in [6.45, 7) is 14.6. The number of aromatic hydroxyl groups is 1. The Morgan fingerprint density at radius 3 is 2.56 bits per heavy atom. The number of nitrogens with one attached hydrogen (secondary N) is 2. The van der Waals surface area contributed by atoms with Crippen LogP contribution in [0.1, 0.15) is 90.7 Å². The number of methoxy groups -OCH3 is 1. The highest BCUT2D eigenvalue weighted by molar-refractivity contribution is 7.92. The summed E-state index contributed by atoms with van der Waals surface area (Å²) in [4.78, 5) is 63.4. The molecule has 0 unspecified atom stereocenters. The van der Waals surface area contributed by atoms with E-state index in [2.05, 4.69) is 54.3 Å². The van der Waals surface area contributed by atoms with Crippen molar-refractivity contribution in [2.75, 3.05) is 40.4 Å². The third-order valence-corrected chi connectivity index (χ3v) is 15.2. The number of carbonyl (C=O) groups excluding carboxylic acids is 4. The molecule has 366 valence electrons. The Bertz CT molecular complexity index is 2700. The molecular weight excluding hydrogens is 887 g/mol. The number of carbonyl (C=O) groups is 4. The van der Waals surface area contributed by atoms with Crippen molar-refractivity contribution in [3.8, 4) is 28.1 Å². The van der Waals surface area contributed by atoms with E-state index in [0.717, 1.165) is 44.4 Å². The van der Waals surface area contributed by atoms with Crippen LogP contribution in [-0.2, 0) is 58.1 Å². The minimum atomic E-state index is -3.69. The number of benzene rings is 2. The van der Waals surface area contributed by atoms with Gasteiger partial charge in [-0.05, 0) is 111 Å². The third kappa shape index (κ3) is 10.5. The molecule has 6 bridgehead atoms. The Morgan fingerprint density at radius 2 is 1.85 bits per heavy atom. The highest BCUT2D eigenvalue weighted by atomic mass is 32.2. The van der Waals surface area contributed by atoms with E-state index in [1.165, 1.54) is 27.3 Å². The zero-order valence-electron chi connectivity index (χ0n) is 40.7. The molecule has 3 aliphatic rings. The molecule has 2 aromatic heterocycles. The molecule has 2 fully saturated rings. The number of likely N-dealkylation sites (N-methyl/N-ethyl adjacent to an activating group) is 1. The van der Waals surface area contributed by atoms with E-state index in [4.69, 9.17) is 14.5 Å². The van der Waals surface area contributed by atoms with Crippen molar-refractivity contribution >= 4 is 44.6 Å². The Balaban J connectivity index is 1.30. The zero-order chi connectivity index (χ0) is 49.2. The molecule has 0 radical (unpaired) electrons. The molecule has 68 heavy (non-hydrogen) atoms. The van der Waals surface area contributed by atoms with Crippen molar-refractivity contribution in [3.05, 3.63) is 83.0 Å². The maximum Gasteiger partial charge on any atom is 0.324 e. The Hall–Kier alpha value is -5.62. The number of rotatable bonds is 11. The molecule has 2 saturated heterocycles. The van der Waals surface area contributed by atoms with Gasteiger partial charge < -0.3 is 29.4 Å². The fourth-order valence-electron chi connectivity index (χ4n) is 10.1. The van der Waals surface area contributed by atoms with Crippen LogP contribution in [0.3, 0.4) is 0 Å². The van der Waals surface area contributed by atoms with E-state index >= 15 is 0 Å². The van der Waals surface area contributed by atoms with Crippen molar-refractivity contribution in [2.24, 2.45) is 17.3 Å². The van der Waals surface area contributed by atoms with Crippen LogP contribution in [0.2, 0.25) is 0 Å². The van der Waals surface area contributed by atoms with Crippen molar-refractivity contribution in [3.63, 3.8) is 0 Å². The minimum Gasteiger partial charge on any atom is -0.508 e. The van der Waals surface area contributed by atoms with Crippen LogP contribution >= 0.6 is 0 Å². The van der Waals surface area contributed by atoms with Crippen LogP contribution in [0.5, 0.6) is 5.75 Å². The molecule has 5 heterocycles. The number of ether oxygens (including phenoxy) is 2. The summed E-state index contributed by atoms with van der Waals surface area (Å²) < 4.78 is 41.0. The SMILES string of the molecule is C/C=C/S(=O)(=O)N1CC[C@H](C(=O)N(C)[C@H](C(=O)N[C@H]2Cc3cc(O)cc(c3)-c3ccc4c(c3)c(c(-c3cccnc3[C@H](C)OC)n4CC)CC(C)(C)COC(=O)[C@@H]3CCCN(N3)C2=O)C(C)C)C1. The van der Waals surface area contributed by atoms with Gasteiger partial charge in [-0.15, -0.1) is 0 Å². The molecule has 4 aromatic rings. The molecule has 2 aromatic carbocycles. The van der Waals surface area contributed by atoms with Crippen LogP contribution < -0.4 is 10.7 Å². The van der Waals surface area contributed by atoms with E-state index in [1.807, 2.05) is 25.1 Å². The summed E-state index contributed by atoms with van der Waals surface area (Å²) in [6, 6.07) is 12.3. The number of hydrogen-bond donors (Lipinski definition) is 3. The number of nitrogens with zero attached hydrogens (tertiary/aromatic N) is 5. The lowest BCUT2D eigenvalue weighted by molar-refractivity contribution is -0.155. The molecule has 3 aliphatic heterocycles. The van der Waals surface area contributed by atoms with Gasteiger partial charge in [-0.1, -0.05) is 45.9 Å². The lowest BCUT2D eigenvalue weighted by Gasteiger charge is -2.37. The minimum absolute atomic E-state index is 0.0100. The monoisotopic (exact) mass is 953 g/mol. The first-order chi connectivity index (χ1) is 32.3. The zero-order valence-corrected chi connectivity index (χ0v) is 41.6. The number of pyridine rings is 1. The van der Waals surface area contributed by atoms with Gasteiger partial charge in [0.15, 0.2) is 0 Å². The first-order valence-electron chi connectivity index (χ1n) is 23.7. The van der Waals surface area contributed by atoms with Gasteiger partial charge in [0, 0.05) is 80.2 Å². The number of amides is 3. The number of hydrogen-bond acceptors (Lipinski definition) is 11. The van der Waals surface area contributed by atoms with E-state index < -0.39 is 63.2 Å². The predicted octanol–water partition coefficient (Wildman–Crippen LogP) is 6.12. The van der Waals surface area contributed by atoms with Gasteiger partial charge >= 0.3 is 5.97 Å². The first kappa shape index (κ1) is 50.3. The van der Waals surface area contributed by atoms with Crippen LogP contribution in [0, 0.1) is 17.3 Å². The fourth-order valence-corrected chi connectivity index (χ4v) is 11.4. The number of allylic oxidation sites excluding steroid dienone is 1. The lowest BCUT2D eigenvalue weighted by atomic mass is 9.84. The maximum absolute atomic E-state index is 14.7. The van der Waals surface area contributed by atoms with Gasteiger partial charge in [-0.3, -0.25) is 29.2 Å². The second kappa shape index (κ2) is 20.5. The average Bonchev–Trinajstić information content (AvgIpc) is 3.93. The smallest absolute Gasteiger partial charge is 0.324 e. The number of fused-ring (bicyclic) bond motifs is 6. The summed E-state index contributed by atoms with van der Waals surface area (Å²) in [6.07, 6.45) is 4.61. The van der Waals surface area contributed by atoms with Crippen LogP contribution in [0.25, 0.3) is 33.3 Å². The van der Waals surface area contributed by atoms with Crippen LogP contribution in [0.15, 0.2) is 66.2 Å². The quantitative estimate of drug-likeness (QED) is 0.147. The van der Waals surface area contributed by atoms with Crippen molar-refractivity contribution < 1.29 is 42.2 Å². The second-order valence-electron chi connectivity index (χ2n) is 19.5. The van der Waals surface area contributed by atoms with E-state index in [9.17, 15) is 32.7 Å². The van der Waals surface area contributed by atoms with Gasteiger partial charge in [0.1, 0.15) is 23.9 Å². The van der Waals surface area contributed by atoms with Gasteiger partial charge in [-0.2, -0.15) is 4.31 Å². The van der Waals surface area contributed by atoms with Crippen molar-refractivity contribution in [2.45, 2.75) is 111 Å². The Morgan fingerprint density at radius 1 is 1.09 bits per heavy atom. The molecular formula is C51H67N7O9S. The maximum atomic E-state index is 14.7. The summed E-state index contributed by atoms with van der Waals surface area (Å²) in [5.74, 6) is -3.04. The number of phenolic OH excluding ortho intramolecular Hbond substituents is 1. The molecule has 17 heteroatoms.